The minimum Gasteiger partial charge on any atom is -0.561 e. The van der Waals surface area contributed by atoms with Gasteiger partial charge in [0.25, 0.3) is 0 Å². The lowest BCUT2D eigenvalue weighted by atomic mass is 9.84. The highest BCUT2D eigenvalue weighted by atomic mass is 32.1. The molecule has 3 aromatic carbocycles. The zero-order valence-electron chi connectivity index (χ0n) is 21.2. The smallest absolute Gasteiger partial charge is 0.549 e. The molecule has 1 aromatic heterocycles. The van der Waals surface area contributed by atoms with E-state index in [0.717, 1.165) is 33.6 Å². The van der Waals surface area contributed by atoms with Crippen LogP contribution < -0.4 is 9.64 Å². The first kappa shape index (κ1) is 25.0. The Kier molecular flexibility index (Phi) is 7.85. The monoisotopic (exact) mass is 513 g/mol. The Morgan fingerprint density at radius 2 is 1.62 bits per heavy atom. The highest BCUT2D eigenvalue weighted by Gasteiger charge is 2.15. The topological polar surface area (TPSA) is 65.3 Å². The van der Waals surface area contributed by atoms with Crippen LogP contribution in [-0.4, -0.2) is 23.1 Å². The fourth-order valence-electron chi connectivity index (χ4n) is 4.89. The summed E-state index contributed by atoms with van der Waals surface area (Å²) in [5, 5.41) is 10.2. The van der Waals surface area contributed by atoms with Crippen molar-refractivity contribution in [3.05, 3.63) is 100 Å². The van der Waals surface area contributed by atoms with Crippen LogP contribution in [0.4, 0.5) is 5.13 Å². The minimum atomic E-state index is -0.663. The molecule has 1 heterocycles. The summed E-state index contributed by atoms with van der Waals surface area (Å²) in [6.07, 6.45) is 6.75. The SMILES string of the molecule is CN(Cc1ccc(C(=O)[OH2+])cc1)c1nc(-c2ccc(OCc3ccc(C4CCCCC4)cc3)cc2)cs1. The molecule has 1 fully saturated rings. The Balaban J connectivity index is 1.15. The van der Waals surface area contributed by atoms with Crippen molar-refractivity contribution in [1.29, 1.82) is 0 Å². The van der Waals surface area contributed by atoms with Crippen molar-refractivity contribution in [3.8, 4) is 17.0 Å². The Bertz CT molecular complexity index is 1310. The molecule has 0 radical (unpaired) electrons. The molecule has 190 valence electrons. The van der Waals surface area contributed by atoms with Gasteiger partial charge in [-0.15, -0.1) is 11.3 Å². The number of rotatable bonds is 9. The van der Waals surface area contributed by atoms with Gasteiger partial charge in [-0.25, -0.2) is 4.98 Å². The van der Waals surface area contributed by atoms with Gasteiger partial charge in [0.1, 0.15) is 17.9 Å². The summed E-state index contributed by atoms with van der Waals surface area (Å²) in [7, 11) is 2.00. The van der Waals surface area contributed by atoms with E-state index in [1.807, 2.05) is 31.3 Å². The van der Waals surface area contributed by atoms with Crippen LogP contribution >= 0.6 is 11.3 Å². The molecule has 2 N–H and O–H groups in total. The van der Waals surface area contributed by atoms with Crippen molar-refractivity contribution in [1.82, 2.24) is 4.98 Å². The lowest BCUT2D eigenvalue weighted by molar-refractivity contribution is 0.0697. The second-order valence-electron chi connectivity index (χ2n) is 9.79. The Morgan fingerprint density at radius 3 is 2.30 bits per heavy atom. The molecule has 1 aliphatic rings. The molecule has 0 bridgehead atoms. The zero-order valence-corrected chi connectivity index (χ0v) is 22.0. The summed E-state index contributed by atoms with van der Waals surface area (Å²) in [4.78, 5) is 18.1. The molecule has 5 rings (SSSR count). The number of thiazole rings is 1. The van der Waals surface area contributed by atoms with Gasteiger partial charge in [-0.1, -0.05) is 55.7 Å². The summed E-state index contributed by atoms with van der Waals surface area (Å²) in [5.41, 5.74) is 6.12. The molecule has 0 unspecified atom stereocenters. The quantitative estimate of drug-likeness (QED) is 0.227. The van der Waals surface area contributed by atoms with Gasteiger partial charge in [-0.3, -0.25) is 0 Å². The first-order chi connectivity index (χ1) is 18.0. The summed E-state index contributed by atoms with van der Waals surface area (Å²) >= 11 is 1.60. The van der Waals surface area contributed by atoms with E-state index in [9.17, 15) is 4.79 Å². The predicted molar refractivity (Wildman–Crippen MR) is 151 cm³/mol. The fraction of sp³-hybridized carbons (Fsp3) is 0.290. The van der Waals surface area contributed by atoms with Crippen LogP contribution in [0.3, 0.4) is 0 Å². The molecule has 6 heteroatoms. The van der Waals surface area contributed by atoms with Crippen LogP contribution in [-0.2, 0) is 13.2 Å². The summed E-state index contributed by atoms with van der Waals surface area (Å²) in [6.45, 7) is 1.24. The van der Waals surface area contributed by atoms with E-state index in [1.54, 1.807) is 23.5 Å². The molecule has 0 aliphatic heterocycles. The van der Waals surface area contributed by atoms with Crippen LogP contribution in [0, 0.1) is 0 Å². The number of ether oxygens (including phenoxy) is 1. The van der Waals surface area contributed by atoms with Crippen molar-refractivity contribution < 1.29 is 14.6 Å². The maximum absolute atomic E-state index is 11.2. The van der Waals surface area contributed by atoms with Crippen LogP contribution in [0.15, 0.2) is 78.2 Å². The summed E-state index contributed by atoms with van der Waals surface area (Å²) in [5.74, 6) is 0.918. The van der Waals surface area contributed by atoms with Crippen LogP contribution in [0.2, 0.25) is 0 Å². The first-order valence-corrected chi connectivity index (χ1v) is 13.8. The average molecular weight is 514 g/mol. The van der Waals surface area contributed by atoms with Gasteiger partial charge in [0.05, 0.1) is 5.69 Å². The second-order valence-corrected chi connectivity index (χ2v) is 10.6. The van der Waals surface area contributed by atoms with Crippen molar-refractivity contribution >= 4 is 22.4 Å². The van der Waals surface area contributed by atoms with E-state index in [4.69, 9.17) is 14.8 Å². The standard InChI is InChI=1S/C31H32N2O3S/c1-33(19-22-7-13-27(14-8-22)30(34)35)31-32-29(21-37-31)26-15-17-28(18-16-26)36-20-23-9-11-25(12-10-23)24-5-3-2-4-6-24/h7-18,21,24H,2-6,19-20H2,1H3,(H,34,35)/p+1. The molecule has 5 nitrogen and oxygen atoms in total. The van der Waals surface area contributed by atoms with Crippen LogP contribution in [0.5, 0.6) is 5.75 Å². The maximum Gasteiger partial charge on any atom is 0.549 e. The molecule has 37 heavy (non-hydrogen) atoms. The maximum atomic E-state index is 11.2. The molecule has 1 saturated carbocycles. The van der Waals surface area contributed by atoms with E-state index < -0.39 is 5.97 Å². The number of carbonyl (C=O) groups excluding carboxylic acids is 1. The van der Waals surface area contributed by atoms with Gasteiger partial charge in [-0.05, 0) is 71.8 Å². The van der Waals surface area contributed by atoms with Crippen molar-refractivity contribution in [3.63, 3.8) is 0 Å². The lowest BCUT2D eigenvalue weighted by Gasteiger charge is -2.22. The molecule has 4 aromatic rings. The van der Waals surface area contributed by atoms with Crippen molar-refractivity contribution in [2.75, 3.05) is 11.9 Å². The van der Waals surface area contributed by atoms with E-state index in [1.165, 1.54) is 43.2 Å². The third-order valence-corrected chi connectivity index (χ3v) is 8.02. The molecule has 0 saturated heterocycles. The highest BCUT2D eigenvalue weighted by molar-refractivity contribution is 7.14. The predicted octanol–water partition coefficient (Wildman–Crippen LogP) is 6.94. The largest absolute Gasteiger partial charge is 0.561 e. The summed E-state index contributed by atoms with van der Waals surface area (Å²) in [6, 6.07) is 24.2. The van der Waals surface area contributed by atoms with Gasteiger partial charge in [0.2, 0.25) is 0 Å². The lowest BCUT2D eigenvalue weighted by Crippen LogP contribution is -2.16. The minimum absolute atomic E-state index is 0.405. The van der Waals surface area contributed by atoms with Crippen molar-refractivity contribution in [2.24, 2.45) is 0 Å². The molecular weight excluding hydrogens is 480 g/mol. The Morgan fingerprint density at radius 1 is 0.946 bits per heavy atom. The van der Waals surface area contributed by atoms with Crippen molar-refractivity contribution in [2.45, 2.75) is 51.2 Å². The van der Waals surface area contributed by atoms with E-state index >= 15 is 0 Å². The van der Waals surface area contributed by atoms with Crippen LogP contribution in [0.25, 0.3) is 11.3 Å². The fourth-order valence-corrected chi connectivity index (χ4v) is 5.69. The molecular formula is C31H33N2O3S+. The molecule has 0 amide bonds. The number of hydrogen-bond acceptors (Lipinski definition) is 5. The Labute approximate surface area is 222 Å². The van der Waals surface area contributed by atoms with E-state index in [-0.39, 0.29) is 0 Å². The number of nitrogens with zero attached hydrogens (tertiary/aromatic N) is 2. The second kappa shape index (κ2) is 11.6. The number of benzene rings is 3. The first-order valence-electron chi connectivity index (χ1n) is 12.9. The van der Waals surface area contributed by atoms with E-state index in [0.29, 0.717) is 18.7 Å². The third-order valence-electron chi connectivity index (χ3n) is 7.07. The average Bonchev–Trinajstić information content (AvgIpc) is 3.44. The molecule has 0 atom stereocenters. The van der Waals surface area contributed by atoms with E-state index in [2.05, 4.69) is 46.7 Å². The van der Waals surface area contributed by atoms with Gasteiger partial charge in [-0.2, -0.15) is 0 Å². The Hall–Kier alpha value is -3.64. The third kappa shape index (κ3) is 6.38. The number of aromatic nitrogens is 1. The van der Waals surface area contributed by atoms with Gasteiger partial charge in [0, 0.05) is 29.3 Å². The van der Waals surface area contributed by atoms with Gasteiger partial charge in [0.15, 0.2) is 5.13 Å². The van der Waals surface area contributed by atoms with Gasteiger partial charge >= 0.3 is 5.97 Å². The van der Waals surface area contributed by atoms with Crippen LogP contribution in [0.1, 0.15) is 65.1 Å². The van der Waals surface area contributed by atoms with Gasteiger partial charge < -0.3 is 14.7 Å². The molecule has 0 spiro atoms. The highest BCUT2D eigenvalue weighted by Crippen LogP contribution is 2.33. The molecule has 1 aliphatic carbocycles. The zero-order chi connectivity index (χ0) is 25.6. The summed E-state index contributed by atoms with van der Waals surface area (Å²) < 4.78 is 6.04. The normalized spacial score (nSPS) is 13.9. The number of hydrogen-bond donors (Lipinski definition) is 0. The number of anilines is 1. The number of carbonyl (C=O) groups is 1.